The zero-order valence-electron chi connectivity index (χ0n) is 12.3. The van der Waals surface area contributed by atoms with Crippen molar-refractivity contribution in [3.8, 4) is 0 Å². The summed E-state index contributed by atoms with van der Waals surface area (Å²) in [5.74, 6) is 0.668. The first-order valence-electron chi connectivity index (χ1n) is 7.84. The third kappa shape index (κ3) is 3.24. The first-order chi connectivity index (χ1) is 10.2. The van der Waals surface area contributed by atoms with E-state index in [9.17, 15) is 4.79 Å². The van der Waals surface area contributed by atoms with Crippen molar-refractivity contribution in [2.75, 3.05) is 11.9 Å². The molecule has 2 aliphatic rings. The molecule has 0 bridgehead atoms. The van der Waals surface area contributed by atoms with Crippen molar-refractivity contribution in [1.82, 2.24) is 9.78 Å². The highest BCUT2D eigenvalue weighted by Crippen LogP contribution is 2.39. The summed E-state index contributed by atoms with van der Waals surface area (Å²) in [5.41, 5.74) is 0.424. The molecule has 0 radical (unpaired) electrons. The number of nitrogens with zero attached hydrogens (tertiary/aromatic N) is 2. The Morgan fingerprint density at radius 3 is 3.00 bits per heavy atom. The number of anilines is 1. The molecule has 0 spiro atoms. The van der Waals surface area contributed by atoms with Crippen LogP contribution in [0.3, 0.4) is 0 Å². The predicted molar refractivity (Wildman–Crippen MR) is 82.9 cm³/mol. The normalized spacial score (nSPS) is 25.2. The van der Waals surface area contributed by atoms with Gasteiger partial charge in [-0.05, 0) is 31.6 Å². The van der Waals surface area contributed by atoms with E-state index >= 15 is 0 Å². The summed E-state index contributed by atoms with van der Waals surface area (Å²) >= 11 is 6.22. The molecule has 1 saturated heterocycles. The van der Waals surface area contributed by atoms with E-state index in [2.05, 4.69) is 17.3 Å². The average molecular weight is 312 g/mol. The molecule has 1 saturated carbocycles. The summed E-state index contributed by atoms with van der Waals surface area (Å²) in [6.07, 6.45) is 7.31. The van der Waals surface area contributed by atoms with Crippen molar-refractivity contribution in [3.05, 3.63) is 21.6 Å². The molecule has 21 heavy (non-hydrogen) atoms. The van der Waals surface area contributed by atoms with Gasteiger partial charge in [0.15, 0.2) is 0 Å². The van der Waals surface area contributed by atoms with Crippen LogP contribution in [0.25, 0.3) is 0 Å². The van der Waals surface area contributed by atoms with E-state index in [4.69, 9.17) is 16.3 Å². The van der Waals surface area contributed by atoms with Gasteiger partial charge in [0.25, 0.3) is 5.56 Å². The van der Waals surface area contributed by atoms with Crippen LogP contribution in [0.1, 0.15) is 39.0 Å². The molecule has 1 aliphatic carbocycles. The second kappa shape index (κ2) is 6.36. The van der Waals surface area contributed by atoms with Gasteiger partial charge < -0.3 is 10.1 Å². The van der Waals surface area contributed by atoms with Gasteiger partial charge in [0, 0.05) is 13.2 Å². The molecule has 1 aromatic rings. The zero-order valence-corrected chi connectivity index (χ0v) is 13.1. The minimum atomic E-state index is -0.211. The highest BCUT2D eigenvalue weighted by atomic mass is 35.5. The summed E-state index contributed by atoms with van der Waals surface area (Å²) in [7, 11) is 0. The molecule has 6 heteroatoms. The van der Waals surface area contributed by atoms with E-state index in [1.807, 2.05) is 0 Å². The Morgan fingerprint density at radius 2 is 2.29 bits per heavy atom. The number of hydrogen-bond donors (Lipinski definition) is 1. The minimum Gasteiger partial charge on any atom is -0.377 e. The van der Waals surface area contributed by atoms with Crippen LogP contribution in [0, 0.1) is 5.92 Å². The second-order valence-corrected chi connectivity index (χ2v) is 6.34. The maximum Gasteiger partial charge on any atom is 0.287 e. The fraction of sp³-hybridized carbons (Fsp3) is 0.733. The molecule has 2 fully saturated rings. The van der Waals surface area contributed by atoms with Crippen LogP contribution in [0.4, 0.5) is 5.69 Å². The molecular formula is C15H22ClN3O2. The van der Waals surface area contributed by atoms with E-state index in [-0.39, 0.29) is 22.7 Å². The molecule has 116 valence electrons. The molecule has 1 aliphatic heterocycles. The van der Waals surface area contributed by atoms with Gasteiger partial charge in [-0.1, -0.05) is 24.9 Å². The molecular weight excluding hydrogens is 290 g/mol. The second-order valence-electron chi connectivity index (χ2n) is 5.97. The topological polar surface area (TPSA) is 56.1 Å². The lowest BCUT2D eigenvalue weighted by Gasteiger charge is -2.21. The van der Waals surface area contributed by atoms with Gasteiger partial charge in [-0.25, -0.2) is 4.68 Å². The van der Waals surface area contributed by atoms with Crippen molar-refractivity contribution in [2.24, 2.45) is 5.92 Å². The Labute approximate surface area is 129 Å². The summed E-state index contributed by atoms with van der Waals surface area (Å²) in [4.78, 5) is 12.2. The number of ether oxygens (including phenoxy) is 1. The quantitative estimate of drug-likeness (QED) is 0.877. The molecule has 0 amide bonds. The summed E-state index contributed by atoms with van der Waals surface area (Å²) in [6.45, 7) is 3.48. The Bertz CT molecular complexity index is 556. The Kier molecular flexibility index (Phi) is 4.50. The third-order valence-electron chi connectivity index (χ3n) is 4.27. The number of hydrogen-bond acceptors (Lipinski definition) is 4. The number of unbranched alkanes of at least 4 members (excludes halogenated alkanes) is 1. The van der Waals surface area contributed by atoms with Gasteiger partial charge in [0.1, 0.15) is 5.02 Å². The van der Waals surface area contributed by atoms with Crippen LogP contribution in [0.2, 0.25) is 5.02 Å². The first kappa shape index (κ1) is 14.9. The Hall–Kier alpha value is -1.07. The van der Waals surface area contributed by atoms with Gasteiger partial charge >= 0.3 is 0 Å². The number of halogens is 1. The number of aromatic nitrogens is 2. The van der Waals surface area contributed by atoms with Crippen LogP contribution in [-0.4, -0.2) is 28.5 Å². The van der Waals surface area contributed by atoms with E-state index in [1.54, 1.807) is 6.20 Å². The molecule has 2 heterocycles. The first-order valence-corrected chi connectivity index (χ1v) is 8.22. The Morgan fingerprint density at radius 1 is 1.48 bits per heavy atom. The van der Waals surface area contributed by atoms with Crippen molar-refractivity contribution in [3.63, 3.8) is 0 Å². The SMILES string of the molecule is CCCCn1ncc(NC2CCOC2C2CC2)c(Cl)c1=O. The maximum absolute atomic E-state index is 12.2. The van der Waals surface area contributed by atoms with E-state index in [0.29, 0.717) is 18.2 Å². The number of aryl methyl sites for hydroxylation is 1. The van der Waals surface area contributed by atoms with Gasteiger partial charge in [-0.3, -0.25) is 4.79 Å². The van der Waals surface area contributed by atoms with E-state index in [1.165, 1.54) is 17.5 Å². The summed E-state index contributed by atoms with van der Waals surface area (Å²) < 4.78 is 7.24. The van der Waals surface area contributed by atoms with Gasteiger partial charge in [-0.15, -0.1) is 0 Å². The van der Waals surface area contributed by atoms with Gasteiger partial charge in [0.2, 0.25) is 0 Å². The maximum atomic E-state index is 12.2. The monoisotopic (exact) mass is 311 g/mol. The van der Waals surface area contributed by atoms with E-state index < -0.39 is 0 Å². The van der Waals surface area contributed by atoms with Gasteiger partial charge in [0.05, 0.1) is 24.0 Å². The number of rotatable bonds is 6. The summed E-state index contributed by atoms with van der Waals surface area (Å²) in [6, 6.07) is 0.239. The Balaban J connectivity index is 1.73. The van der Waals surface area contributed by atoms with Crippen LogP contribution >= 0.6 is 11.6 Å². The lowest BCUT2D eigenvalue weighted by molar-refractivity contribution is 0.0898. The molecule has 5 nitrogen and oxygen atoms in total. The van der Waals surface area contributed by atoms with Crippen molar-refractivity contribution in [1.29, 1.82) is 0 Å². The molecule has 2 unspecified atom stereocenters. The van der Waals surface area contributed by atoms with Crippen LogP contribution < -0.4 is 10.9 Å². The standard InChI is InChI=1S/C15H22ClN3O2/c1-2-3-7-19-15(20)13(16)12(9-17-19)18-11-6-8-21-14(11)10-4-5-10/h9-11,14,18H,2-8H2,1H3. The minimum absolute atomic E-state index is 0.211. The molecule has 1 aromatic heterocycles. The molecule has 2 atom stereocenters. The van der Waals surface area contributed by atoms with Crippen molar-refractivity contribution < 1.29 is 4.74 Å². The highest BCUT2D eigenvalue weighted by molar-refractivity contribution is 6.32. The zero-order chi connectivity index (χ0) is 14.8. The summed E-state index contributed by atoms with van der Waals surface area (Å²) in [5, 5.41) is 7.83. The van der Waals surface area contributed by atoms with Crippen LogP contribution in [0.15, 0.2) is 11.0 Å². The van der Waals surface area contributed by atoms with Crippen LogP contribution in [0.5, 0.6) is 0 Å². The highest BCUT2D eigenvalue weighted by Gasteiger charge is 2.40. The number of nitrogens with one attached hydrogen (secondary N) is 1. The van der Waals surface area contributed by atoms with Crippen molar-refractivity contribution >= 4 is 17.3 Å². The fourth-order valence-electron chi connectivity index (χ4n) is 2.89. The van der Waals surface area contributed by atoms with Gasteiger partial charge in [-0.2, -0.15) is 5.10 Å². The smallest absolute Gasteiger partial charge is 0.287 e. The van der Waals surface area contributed by atoms with Crippen molar-refractivity contribution in [2.45, 2.75) is 57.7 Å². The molecule has 0 aromatic carbocycles. The lowest BCUT2D eigenvalue weighted by Crippen LogP contribution is -2.32. The third-order valence-corrected chi connectivity index (χ3v) is 4.64. The lowest BCUT2D eigenvalue weighted by atomic mass is 10.1. The fourth-order valence-corrected chi connectivity index (χ4v) is 3.09. The molecule has 1 N–H and O–H groups in total. The molecule has 3 rings (SSSR count). The van der Waals surface area contributed by atoms with Crippen LogP contribution in [-0.2, 0) is 11.3 Å². The predicted octanol–water partition coefficient (Wildman–Crippen LogP) is 2.68. The van der Waals surface area contributed by atoms with E-state index in [0.717, 1.165) is 25.9 Å². The largest absolute Gasteiger partial charge is 0.377 e. The average Bonchev–Trinajstić information content (AvgIpc) is 3.23.